The Morgan fingerprint density at radius 2 is 2.25 bits per heavy atom. The molecule has 1 aromatic rings. The van der Waals surface area contributed by atoms with Crippen LogP contribution >= 0.6 is 0 Å². The van der Waals surface area contributed by atoms with E-state index < -0.39 is 18.2 Å². The van der Waals surface area contributed by atoms with Crippen LogP contribution in [0.1, 0.15) is 23.8 Å². The number of esters is 1. The van der Waals surface area contributed by atoms with Crippen molar-refractivity contribution in [3.63, 3.8) is 0 Å². The zero-order chi connectivity index (χ0) is 12.1. The molecule has 88 valence electrons. The Bertz CT molecular complexity index is 367. The van der Waals surface area contributed by atoms with Crippen LogP contribution in [0.15, 0.2) is 18.3 Å². The van der Waals surface area contributed by atoms with Crippen molar-refractivity contribution in [3.8, 4) is 0 Å². The number of ether oxygens (including phenoxy) is 1. The Balaban J connectivity index is 2.70. The maximum Gasteiger partial charge on any atom is 0.308 e. The van der Waals surface area contributed by atoms with Crippen LogP contribution in [0.25, 0.3) is 0 Å². The SMILES string of the molecule is COC(=O)CC(O)C(O)c1ccnc(C)c1. The van der Waals surface area contributed by atoms with Gasteiger partial charge in [-0.05, 0) is 24.6 Å². The van der Waals surface area contributed by atoms with Gasteiger partial charge in [-0.15, -0.1) is 0 Å². The molecule has 1 aromatic heterocycles. The normalized spacial score (nSPS) is 14.2. The lowest BCUT2D eigenvalue weighted by Crippen LogP contribution is -2.22. The van der Waals surface area contributed by atoms with E-state index in [1.54, 1.807) is 25.3 Å². The van der Waals surface area contributed by atoms with Crippen molar-refractivity contribution in [2.45, 2.75) is 25.6 Å². The minimum absolute atomic E-state index is 0.237. The number of rotatable bonds is 4. The highest BCUT2D eigenvalue weighted by atomic mass is 16.5. The summed E-state index contributed by atoms with van der Waals surface area (Å²) in [5.41, 5.74) is 1.27. The summed E-state index contributed by atoms with van der Waals surface area (Å²) in [6.45, 7) is 1.78. The molecule has 5 nitrogen and oxygen atoms in total. The predicted molar refractivity (Wildman–Crippen MR) is 56.6 cm³/mol. The second-order valence-electron chi connectivity index (χ2n) is 3.52. The van der Waals surface area contributed by atoms with Crippen molar-refractivity contribution in [3.05, 3.63) is 29.6 Å². The van der Waals surface area contributed by atoms with Gasteiger partial charge in [0.1, 0.15) is 6.10 Å². The summed E-state index contributed by atoms with van der Waals surface area (Å²) in [5, 5.41) is 19.4. The van der Waals surface area contributed by atoms with E-state index in [1.165, 1.54) is 7.11 Å². The van der Waals surface area contributed by atoms with Crippen LogP contribution in [0.5, 0.6) is 0 Å². The number of aromatic nitrogens is 1. The molecule has 0 aromatic carbocycles. The molecular formula is C11H15NO4. The monoisotopic (exact) mass is 225 g/mol. The molecule has 0 saturated carbocycles. The summed E-state index contributed by atoms with van der Waals surface area (Å²) in [7, 11) is 1.23. The summed E-state index contributed by atoms with van der Waals surface area (Å²) in [5.74, 6) is -0.558. The molecule has 0 radical (unpaired) electrons. The van der Waals surface area contributed by atoms with Crippen molar-refractivity contribution in [1.29, 1.82) is 0 Å². The van der Waals surface area contributed by atoms with Crippen LogP contribution in [-0.4, -0.2) is 34.4 Å². The summed E-state index contributed by atoms with van der Waals surface area (Å²) in [6.07, 6.45) is -0.979. The van der Waals surface area contributed by atoms with Crippen LogP contribution < -0.4 is 0 Å². The Kier molecular flexibility index (Phi) is 4.39. The third-order valence-electron chi connectivity index (χ3n) is 2.23. The maximum atomic E-state index is 10.9. The first-order chi connectivity index (χ1) is 7.54. The van der Waals surface area contributed by atoms with E-state index in [9.17, 15) is 15.0 Å². The van der Waals surface area contributed by atoms with Crippen molar-refractivity contribution in [2.24, 2.45) is 0 Å². The lowest BCUT2D eigenvalue weighted by Gasteiger charge is -2.17. The van der Waals surface area contributed by atoms with Gasteiger partial charge in [-0.25, -0.2) is 0 Å². The fraction of sp³-hybridized carbons (Fsp3) is 0.455. The van der Waals surface area contributed by atoms with E-state index >= 15 is 0 Å². The summed E-state index contributed by atoms with van der Waals surface area (Å²) >= 11 is 0. The highest BCUT2D eigenvalue weighted by Gasteiger charge is 2.21. The van der Waals surface area contributed by atoms with E-state index in [0.717, 1.165) is 5.69 Å². The average Bonchev–Trinajstić information content (AvgIpc) is 2.27. The Morgan fingerprint density at radius 3 is 2.81 bits per heavy atom. The number of methoxy groups -OCH3 is 1. The van der Waals surface area contributed by atoms with Gasteiger partial charge in [0.2, 0.25) is 0 Å². The quantitative estimate of drug-likeness (QED) is 0.723. The van der Waals surface area contributed by atoms with E-state index in [0.29, 0.717) is 5.56 Å². The zero-order valence-corrected chi connectivity index (χ0v) is 9.25. The molecule has 0 saturated heterocycles. The minimum Gasteiger partial charge on any atom is -0.469 e. The predicted octanol–water partition coefficient (Wildman–Crippen LogP) is 0.347. The number of carbonyl (C=O) groups is 1. The third-order valence-corrected chi connectivity index (χ3v) is 2.23. The van der Waals surface area contributed by atoms with Gasteiger partial charge in [0.25, 0.3) is 0 Å². The van der Waals surface area contributed by atoms with Crippen molar-refractivity contribution < 1.29 is 19.7 Å². The number of hydrogen-bond acceptors (Lipinski definition) is 5. The van der Waals surface area contributed by atoms with Crippen molar-refractivity contribution >= 4 is 5.97 Å². The van der Waals surface area contributed by atoms with Crippen LogP contribution in [0.2, 0.25) is 0 Å². The molecule has 0 aliphatic carbocycles. The molecule has 2 unspecified atom stereocenters. The molecule has 1 heterocycles. The third kappa shape index (κ3) is 3.29. The van der Waals surface area contributed by atoms with Gasteiger partial charge in [-0.2, -0.15) is 0 Å². The first-order valence-electron chi connectivity index (χ1n) is 4.90. The molecule has 0 bridgehead atoms. The molecule has 0 fully saturated rings. The molecule has 0 spiro atoms. The lowest BCUT2D eigenvalue weighted by atomic mass is 10.0. The topological polar surface area (TPSA) is 79.7 Å². The molecule has 2 atom stereocenters. The van der Waals surface area contributed by atoms with E-state index in [-0.39, 0.29) is 6.42 Å². The number of pyridine rings is 1. The number of aryl methyl sites for hydroxylation is 1. The van der Waals surface area contributed by atoms with Crippen LogP contribution in [0, 0.1) is 6.92 Å². The largest absolute Gasteiger partial charge is 0.469 e. The fourth-order valence-corrected chi connectivity index (χ4v) is 1.34. The van der Waals surface area contributed by atoms with Gasteiger partial charge in [-0.1, -0.05) is 0 Å². The molecule has 0 amide bonds. The summed E-state index contributed by atoms with van der Waals surface area (Å²) in [6, 6.07) is 3.25. The van der Waals surface area contributed by atoms with Crippen molar-refractivity contribution in [2.75, 3.05) is 7.11 Å². The molecule has 0 aliphatic rings. The van der Waals surface area contributed by atoms with Gasteiger partial charge in [-0.3, -0.25) is 9.78 Å². The number of aliphatic hydroxyl groups is 2. The minimum atomic E-state index is -1.17. The molecular weight excluding hydrogens is 210 g/mol. The number of nitrogens with zero attached hydrogens (tertiary/aromatic N) is 1. The number of hydrogen-bond donors (Lipinski definition) is 2. The van der Waals surface area contributed by atoms with Crippen LogP contribution in [0.3, 0.4) is 0 Å². The maximum absolute atomic E-state index is 10.9. The number of carbonyl (C=O) groups excluding carboxylic acids is 1. The summed E-state index contributed by atoms with van der Waals surface area (Å²) in [4.78, 5) is 14.9. The molecule has 0 aliphatic heterocycles. The molecule has 16 heavy (non-hydrogen) atoms. The fourth-order valence-electron chi connectivity index (χ4n) is 1.34. The standard InChI is InChI=1S/C11H15NO4/c1-7-5-8(3-4-12-7)11(15)9(13)6-10(14)16-2/h3-5,9,11,13,15H,6H2,1-2H3. The average molecular weight is 225 g/mol. The van der Waals surface area contributed by atoms with Gasteiger partial charge >= 0.3 is 5.97 Å². The lowest BCUT2D eigenvalue weighted by molar-refractivity contribution is -0.144. The van der Waals surface area contributed by atoms with Crippen molar-refractivity contribution in [1.82, 2.24) is 4.98 Å². The Hall–Kier alpha value is -1.46. The Labute approximate surface area is 93.7 Å². The highest BCUT2D eigenvalue weighted by Crippen LogP contribution is 2.19. The van der Waals surface area contributed by atoms with E-state index in [1.807, 2.05) is 0 Å². The highest BCUT2D eigenvalue weighted by molar-refractivity contribution is 5.69. The van der Waals surface area contributed by atoms with E-state index in [4.69, 9.17) is 0 Å². The van der Waals surface area contributed by atoms with E-state index in [2.05, 4.69) is 9.72 Å². The molecule has 2 N–H and O–H groups in total. The van der Waals surface area contributed by atoms with Gasteiger partial charge < -0.3 is 14.9 Å². The molecule has 1 rings (SSSR count). The van der Waals surface area contributed by atoms with Gasteiger partial charge in [0.15, 0.2) is 0 Å². The summed E-state index contributed by atoms with van der Waals surface area (Å²) < 4.78 is 4.41. The molecule has 5 heteroatoms. The smallest absolute Gasteiger partial charge is 0.308 e. The van der Waals surface area contributed by atoms with Gasteiger partial charge in [0.05, 0.1) is 19.6 Å². The van der Waals surface area contributed by atoms with Gasteiger partial charge in [0, 0.05) is 11.9 Å². The second kappa shape index (κ2) is 5.58. The zero-order valence-electron chi connectivity index (χ0n) is 9.25. The number of aliphatic hydroxyl groups excluding tert-OH is 2. The Morgan fingerprint density at radius 1 is 1.56 bits per heavy atom. The van der Waals surface area contributed by atoms with Crippen LogP contribution in [0.4, 0.5) is 0 Å². The second-order valence-corrected chi connectivity index (χ2v) is 3.52. The van der Waals surface area contributed by atoms with Crippen LogP contribution in [-0.2, 0) is 9.53 Å². The first kappa shape index (κ1) is 12.6. The first-order valence-corrected chi connectivity index (χ1v) is 4.90.